The molecule has 4 heteroatoms. The lowest BCUT2D eigenvalue weighted by molar-refractivity contribution is -0.116. The lowest BCUT2D eigenvalue weighted by atomic mass is 9.79. The van der Waals surface area contributed by atoms with Crippen LogP contribution < -0.4 is 10.6 Å². The summed E-state index contributed by atoms with van der Waals surface area (Å²) >= 11 is 1.82. The van der Waals surface area contributed by atoms with Gasteiger partial charge in [0, 0.05) is 28.6 Å². The van der Waals surface area contributed by atoms with Crippen molar-refractivity contribution < 1.29 is 4.79 Å². The molecule has 1 aliphatic heterocycles. The molecule has 2 N–H and O–H groups in total. The summed E-state index contributed by atoms with van der Waals surface area (Å²) in [4.78, 5) is 13.3. The average Bonchev–Trinajstić information content (AvgIpc) is 3.26. The number of amides is 1. The Balaban J connectivity index is 1.64. The third-order valence-electron chi connectivity index (χ3n) is 4.97. The maximum Gasteiger partial charge on any atom is 0.224 e. The Hall–Kier alpha value is -2.07. The molecule has 124 valence electrons. The highest BCUT2D eigenvalue weighted by Gasteiger charge is 2.38. The van der Waals surface area contributed by atoms with Crippen LogP contribution in [0.2, 0.25) is 0 Å². The van der Waals surface area contributed by atoms with Crippen LogP contribution in [0.25, 0.3) is 0 Å². The Morgan fingerprint density at radius 2 is 2.29 bits per heavy atom. The highest BCUT2D eigenvalue weighted by Crippen LogP contribution is 2.50. The van der Waals surface area contributed by atoms with E-state index >= 15 is 0 Å². The van der Waals surface area contributed by atoms with Crippen LogP contribution in [0.5, 0.6) is 0 Å². The fourth-order valence-corrected chi connectivity index (χ4v) is 4.72. The van der Waals surface area contributed by atoms with Gasteiger partial charge in [-0.1, -0.05) is 25.1 Å². The van der Waals surface area contributed by atoms with Gasteiger partial charge in [-0.2, -0.15) is 0 Å². The number of nitrogens with one attached hydrogen (secondary N) is 2. The standard InChI is InChI=1S/C20H22N2OS/c1-2-5-19(23)21-13-9-10-17-16(12-13)14-6-3-7-15(14)20(22-17)18-8-4-11-24-18/h3-4,6,8-12,14-15,20,22H,2,5,7H2,1H3,(H,21,23). The van der Waals surface area contributed by atoms with Crippen LogP contribution in [0, 0.1) is 5.92 Å². The van der Waals surface area contributed by atoms with Crippen molar-refractivity contribution in [2.75, 3.05) is 10.6 Å². The van der Waals surface area contributed by atoms with E-state index in [4.69, 9.17) is 0 Å². The van der Waals surface area contributed by atoms with E-state index < -0.39 is 0 Å². The zero-order chi connectivity index (χ0) is 16.5. The molecule has 2 aliphatic rings. The van der Waals surface area contributed by atoms with E-state index in [0.717, 1.165) is 18.5 Å². The minimum Gasteiger partial charge on any atom is -0.377 e. The summed E-state index contributed by atoms with van der Waals surface area (Å²) in [6.07, 6.45) is 7.18. The molecule has 0 saturated carbocycles. The molecule has 1 aliphatic carbocycles. The summed E-state index contributed by atoms with van der Waals surface area (Å²) in [5.41, 5.74) is 3.40. The van der Waals surface area contributed by atoms with Gasteiger partial charge in [-0.15, -0.1) is 11.3 Å². The van der Waals surface area contributed by atoms with Gasteiger partial charge in [-0.25, -0.2) is 0 Å². The monoisotopic (exact) mass is 338 g/mol. The molecule has 3 nitrogen and oxygen atoms in total. The molecule has 24 heavy (non-hydrogen) atoms. The van der Waals surface area contributed by atoms with Gasteiger partial charge in [-0.3, -0.25) is 4.79 Å². The lowest BCUT2D eigenvalue weighted by Gasteiger charge is -2.37. The molecule has 2 heterocycles. The van der Waals surface area contributed by atoms with Crippen molar-refractivity contribution in [1.29, 1.82) is 0 Å². The third-order valence-corrected chi connectivity index (χ3v) is 5.93. The van der Waals surface area contributed by atoms with Crippen molar-refractivity contribution in [3.05, 3.63) is 58.3 Å². The molecule has 3 unspecified atom stereocenters. The van der Waals surface area contributed by atoms with Gasteiger partial charge < -0.3 is 10.6 Å². The number of hydrogen-bond acceptors (Lipinski definition) is 3. The first kappa shape index (κ1) is 15.5. The predicted octanol–water partition coefficient (Wildman–Crippen LogP) is 5.31. The van der Waals surface area contributed by atoms with E-state index in [1.54, 1.807) is 0 Å². The van der Waals surface area contributed by atoms with Crippen molar-refractivity contribution in [3.63, 3.8) is 0 Å². The summed E-state index contributed by atoms with van der Waals surface area (Å²) in [7, 11) is 0. The Labute approximate surface area is 146 Å². The van der Waals surface area contributed by atoms with Crippen LogP contribution >= 0.6 is 11.3 Å². The number of anilines is 2. The van der Waals surface area contributed by atoms with Crippen molar-refractivity contribution >= 4 is 28.6 Å². The van der Waals surface area contributed by atoms with Gasteiger partial charge in [0.15, 0.2) is 0 Å². The molecule has 0 bridgehead atoms. The van der Waals surface area contributed by atoms with Crippen LogP contribution in [-0.4, -0.2) is 5.91 Å². The predicted molar refractivity (Wildman–Crippen MR) is 101 cm³/mol. The molecule has 1 aromatic carbocycles. The van der Waals surface area contributed by atoms with Gasteiger partial charge in [-0.05, 0) is 54.0 Å². The largest absolute Gasteiger partial charge is 0.377 e. The van der Waals surface area contributed by atoms with Gasteiger partial charge in [0.25, 0.3) is 0 Å². The van der Waals surface area contributed by atoms with E-state index in [2.05, 4.69) is 52.4 Å². The number of carbonyl (C=O) groups excluding carboxylic acids is 1. The Bertz CT molecular complexity index is 766. The molecular weight excluding hydrogens is 316 g/mol. The van der Waals surface area contributed by atoms with Gasteiger partial charge in [0.05, 0.1) is 6.04 Å². The minimum atomic E-state index is 0.0937. The van der Waals surface area contributed by atoms with Crippen LogP contribution in [0.15, 0.2) is 47.9 Å². The Kier molecular flexibility index (Phi) is 4.15. The zero-order valence-corrected chi connectivity index (χ0v) is 14.6. The van der Waals surface area contributed by atoms with Crippen molar-refractivity contribution in [2.45, 2.75) is 38.1 Å². The molecule has 0 spiro atoms. The van der Waals surface area contributed by atoms with Crippen molar-refractivity contribution in [3.8, 4) is 0 Å². The summed E-state index contributed by atoms with van der Waals surface area (Å²) < 4.78 is 0. The summed E-state index contributed by atoms with van der Waals surface area (Å²) in [5, 5.41) is 8.91. The SMILES string of the molecule is CCCC(=O)Nc1ccc2c(c1)C1C=CCC1C(c1cccs1)N2. The molecular formula is C20H22N2OS. The number of benzene rings is 1. The maximum absolute atomic E-state index is 11.9. The zero-order valence-electron chi connectivity index (χ0n) is 13.8. The van der Waals surface area contributed by atoms with Gasteiger partial charge in [0.1, 0.15) is 0 Å². The number of allylic oxidation sites excluding steroid dienone is 2. The number of rotatable bonds is 4. The van der Waals surface area contributed by atoms with E-state index in [0.29, 0.717) is 24.3 Å². The Morgan fingerprint density at radius 1 is 1.38 bits per heavy atom. The number of hydrogen-bond donors (Lipinski definition) is 2. The highest BCUT2D eigenvalue weighted by molar-refractivity contribution is 7.10. The third kappa shape index (κ3) is 2.75. The van der Waals surface area contributed by atoms with Gasteiger partial charge in [0.2, 0.25) is 5.91 Å². The second kappa shape index (κ2) is 6.44. The molecule has 3 atom stereocenters. The summed E-state index contributed by atoms with van der Waals surface area (Å²) in [5.74, 6) is 1.07. The Morgan fingerprint density at radius 3 is 3.08 bits per heavy atom. The molecule has 1 amide bonds. The summed E-state index contributed by atoms with van der Waals surface area (Å²) in [6, 6.07) is 11.0. The average molecular weight is 338 g/mol. The highest BCUT2D eigenvalue weighted by atomic mass is 32.1. The molecule has 0 fully saturated rings. The van der Waals surface area contributed by atoms with Crippen LogP contribution in [0.1, 0.15) is 48.6 Å². The minimum absolute atomic E-state index is 0.0937. The maximum atomic E-state index is 11.9. The quantitative estimate of drug-likeness (QED) is 0.741. The molecule has 2 aromatic rings. The number of carbonyl (C=O) groups is 1. The molecule has 0 saturated heterocycles. The fraction of sp³-hybridized carbons (Fsp3) is 0.350. The van der Waals surface area contributed by atoms with Gasteiger partial charge >= 0.3 is 0 Å². The first-order valence-corrected chi connectivity index (χ1v) is 9.54. The van der Waals surface area contributed by atoms with E-state index in [1.807, 2.05) is 24.3 Å². The first-order valence-electron chi connectivity index (χ1n) is 8.66. The van der Waals surface area contributed by atoms with Crippen molar-refractivity contribution in [1.82, 2.24) is 0 Å². The lowest BCUT2D eigenvalue weighted by Crippen LogP contribution is -2.28. The van der Waals surface area contributed by atoms with Crippen molar-refractivity contribution in [2.24, 2.45) is 5.92 Å². The molecule has 4 rings (SSSR count). The van der Waals surface area contributed by atoms with E-state index in [-0.39, 0.29) is 5.91 Å². The second-order valence-corrected chi connectivity index (χ2v) is 7.57. The van der Waals surface area contributed by atoms with Crippen LogP contribution in [0.4, 0.5) is 11.4 Å². The number of thiophene rings is 1. The second-order valence-electron chi connectivity index (χ2n) is 6.59. The van der Waals surface area contributed by atoms with Crippen LogP contribution in [0.3, 0.4) is 0 Å². The first-order chi connectivity index (χ1) is 11.8. The fourth-order valence-electron chi connectivity index (χ4n) is 3.87. The molecule has 0 radical (unpaired) electrons. The van der Waals surface area contributed by atoms with Crippen LogP contribution in [-0.2, 0) is 4.79 Å². The smallest absolute Gasteiger partial charge is 0.224 e. The van der Waals surface area contributed by atoms with E-state index in [9.17, 15) is 4.79 Å². The number of fused-ring (bicyclic) bond motifs is 3. The summed E-state index contributed by atoms with van der Waals surface area (Å²) in [6.45, 7) is 2.02. The normalized spacial score (nSPS) is 24.1. The topological polar surface area (TPSA) is 41.1 Å². The molecule has 1 aromatic heterocycles. The van der Waals surface area contributed by atoms with E-state index in [1.165, 1.54) is 16.1 Å².